The van der Waals surface area contributed by atoms with Crippen LogP contribution in [-0.4, -0.2) is 43.1 Å². The Labute approximate surface area is 192 Å². The van der Waals surface area contributed by atoms with Gasteiger partial charge < -0.3 is 26.4 Å². The summed E-state index contributed by atoms with van der Waals surface area (Å²) < 4.78 is 5.26. The van der Waals surface area contributed by atoms with Gasteiger partial charge in [0.05, 0.1) is 0 Å². The second-order valence-corrected chi connectivity index (χ2v) is 8.87. The van der Waals surface area contributed by atoms with E-state index in [1.165, 1.54) is 0 Å². The van der Waals surface area contributed by atoms with E-state index in [2.05, 4.69) is 16.0 Å². The zero-order valence-electron chi connectivity index (χ0n) is 19.9. The minimum absolute atomic E-state index is 0.115. The lowest BCUT2D eigenvalue weighted by molar-refractivity contribution is -0.130. The molecule has 0 bridgehead atoms. The van der Waals surface area contributed by atoms with E-state index in [1.807, 2.05) is 58.0 Å². The third-order valence-corrected chi connectivity index (χ3v) is 4.80. The van der Waals surface area contributed by atoms with Gasteiger partial charge in [-0.25, -0.2) is 4.79 Å². The lowest BCUT2D eigenvalue weighted by Crippen LogP contribution is -2.54. The van der Waals surface area contributed by atoms with Gasteiger partial charge in [-0.2, -0.15) is 0 Å². The first-order chi connectivity index (χ1) is 15.2. The number of hydrogen-bond acceptors (Lipinski definition) is 5. The van der Waals surface area contributed by atoms with Crippen LogP contribution in [0.5, 0.6) is 0 Å². The normalized spacial score (nSPS) is 12.8. The molecule has 0 aliphatic carbocycles. The Bertz CT molecular complexity index is 694. The highest BCUT2D eigenvalue weighted by Gasteiger charge is 2.28. The molecule has 3 amide bonds. The molecular weight excluding hydrogens is 408 g/mol. The molecule has 0 aliphatic rings. The molecule has 8 nitrogen and oxygen atoms in total. The largest absolute Gasteiger partial charge is 0.445 e. The average Bonchev–Trinajstić information content (AvgIpc) is 2.74. The van der Waals surface area contributed by atoms with Crippen LogP contribution in [0.2, 0.25) is 0 Å². The van der Waals surface area contributed by atoms with Crippen LogP contribution < -0.4 is 21.7 Å². The van der Waals surface area contributed by atoms with Gasteiger partial charge in [0.25, 0.3) is 0 Å². The molecule has 0 saturated heterocycles. The number of benzene rings is 1. The zero-order valence-corrected chi connectivity index (χ0v) is 19.9. The monoisotopic (exact) mass is 448 g/mol. The minimum Gasteiger partial charge on any atom is -0.445 e. The summed E-state index contributed by atoms with van der Waals surface area (Å²) in [5.41, 5.74) is 6.35. The summed E-state index contributed by atoms with van der Waals surface area (Å²) in [6, 6.07) is 7.86. The van der Waals surface area contributed by atoms with E-state index in [1.54, 1.807) is 0 Å². The van der Waals surface area contributed by atoms with E-state index >= 15 is 0 Å². The van der Waals surface area contributed by atoms with E-state index < -0.39 is 24.1 Å². The van der Waals surface area contributed by atoms with Gasteiger partial charge in [-0.15, -0.1) is 0 Å². The van der Waals surface area contributed by atoms with Gasteiger partial charge in [-0.3, -0.25) is 9.59 Å². The Kier molecular flexibility index (Phi) is 13.1. The fourth-order valence-corrected chi connectivity index (χ4v) is 3.19. The minimum atomic E-state index is -0.794. The first kappa shape index (κ1) is 27.4. The molecule has 32 heavy (non-hydrogen) atoms. The fraction of sp³-hybridized carbons (Fsp3) is 0.625. The predicted molar refractivity (Wildman–Crippen MR) is 126 cm³/mol. The van der Waals surface area contributed by atoms with Crippen molar-refractivity contribution in [2.24, 2.45) is 17.6 Å². The molecule has 1 aromatic rings. The lowest BCUT2D eigenvalue weighted by Gasteiger charge is -2.25. The maximum absolute atomic E-state index is 13.0. The van der Waals surface area contributed by atoms with Gasteiger partial charge in [0.15, 0.2) is 0 Å². The second-order valence-electron chi connectivity index (χ2n) is 8.87. The molecule has 0 spiro atoms. The number of nitrogens with two attached hydrogens (primary N) is 1. The molecule has 0 aliphatic heterocycles. The number of nitrogens with one attached hydrogen (secondary N) is 3. The molecule has 180 valence electrons. The molecule has 1 rings (SSSR count). The maximum Gasteiger partial charge on any atom is 0.408 e. The summed E-state index contributed by atoms with van der Waals surface area (Å²) in [4.78, 5) is 37.9. The van der Waals surface area contributed by atoms with Gasteiger partial charge in [0.2, 0.25) is 11.8 Å². The summed E-state index contributed by atoms with van der Waals surface area (Å²) in [6.07, 6.45) is 1.88. The zero-order chi connectivity index (χ0) is 23.9. The number of alkyl carbamates (subject to hydrolysis) is 1. The lowest BCUT2D eigenvalue weighted by atomic mass is 10.00. The van der Waals surface area contributed by atoms with Crippen molar-refractivity contribution in [3.63, 3.8) is 0 Å². The molecule has 0 aromatic heterocycles. The quantitative estimate of drug-likeness (QED) is 0.326. The Hall–Kier alpha value is -2.61. The Morgan fingerprint density at radius 1 is 0.875 bits per heavy atom. The molecule has 2 atom stereocenters. The highest BCUT2D eigenvalue weighted by Crippen LogP contribution is 2.10. The van der Waals surface area contributed by atoms with Gasteiger partial charge in [-0.05, 0) is 49.6 Å². The fourth-order valence-electron chi connectivity index (χ4n) is 3.19. The van der Waals surface area contributed by atoms with Crippen LogP contribution >= 0.6 is 0 Å². The van der Waals surface area contributed by atoms with Crippen molar-refractivity contribution in [1.29, 1.82) is 0 Å². The van der Waals surface area contributed by atoms with Gasteiger partial charge >= 0.3 is 6.09 Å². The molecule has 0 radical (unpaired) electrons. The smallest absolute Gasteiger partial charge is 0.408 e. The standard InChI is InChI=1S/C24H40N4O4/c1-17(2)14-20(22(29)26-13-9-8-12-25)27-23(30)21(15-18(3)4)28-24(31)32-16-19-10-6-5-7-11-19/h5-7,10-11,17-18,20-21H,8-9,12-16,25H2,1-4H3,(H,26,29)(H,27,30)(H,28,31)/t20-,21+/m0/s1. The summed E-state index contributed by atoms with van der Waals surface area (Å²) >= 11 is 0. The van der Waals surface area contributed by atoms with Crippen molar-refractivity contribution in [3.8, 4) is 0 Å². The van der Waals surface area contributed by atoms with Crippen LogP contribution in [0.3, 0.4) is 0 Å². The van der Waals surface area contributed by atoms with Crippen LogP contribution in [0.15, 0.2) is 30.3 Å². The van der Waals surface area contributed by atoms with Crippen molar-refractivity contribution < 1.29 is 19.1 Å². The van der Waals surface area contributed by atoms with E-state index in [0.29, 0.717) is 25.9 Å². The summed E-state index contributed by atoms with van der Waals surface area (Å²) in [7, 11) is 0. The Balaban J connectivity index is 2.72. The SMILES string of the molecule is CC(C)C[C@H](NC(=O)[C@@H](CC(C)C)NC(=O)OCc1ccccc1)C(=O)NCCCCN. The molecule has 5 N–H and O–H groups in total. The predicted octanol–water partition coefficient (Wildman–Crippen LogP) is 2.71. The topological polar surface area (TPSA) is 123 Å². The van der Waals surface area contributed by atoms with Crippen LogP contribution in [0.25, 0.3) is 0 Å². The second kappa shape index (κ2) is 15.2. The van der Waals surface area contributed by atoms with Gasteiger partial charge in [0.1, 0.15) is 18.7 Å². The van der Waals surface area contributed by atoms with Crippen molar-refractivity contribution in [3.05, 3.63) is 35.9 Å². The van der Waals surface area contributed by atoms with Crippen LogP contribution in [0, 0.1) is 11.8 Å². The van der Waals surface area contributed by atoms with E-state index in [9.17, 15) is 14.4 Å². The van der Waals surface area contributed by atoms with Crippen LogP contribution in [0.4, 0.5) is 4.79 Å². The third-order valence-electron chi connectivity index (χ3n) is 4.80. The molecule has 0 unspecified atom stereocenters. The number of carbonyl (C=O) groups excluding carboxylic acids is 3. The van der Waals surface area contributed by atoms with E-state index in [0.717, 1.165) is 18.4 Å². The van der Waals surface area contributed by atoms with Crippen molar-refractivity contribution >= 4 is 17.9 Å². The Morgan fingerprint density at radius 2 is 1.47 bits per heavy atom. The molecule has 8 heteroatoms. The first-order valence-corrected chi connectivity index (χ1v) is 11.5. The molecular formula is C24H40N4O4. The van der Waals surface area contributed by atoms with Crippen molar-refractivity contribution in [1.82, 2.24) is 16.0 Å². The third kappa shape index (κ3) is 11.7. The highest BCUT2D eigenvalue weighted by atomic mass is 16.5. The number of carbonyl (C=O) groups is 3. The first-order valence-electron chi connectivity index (χ1n) is 11.5. The van der Waals surface area contributed by atoms with Gasteiger partial charge in [-0.1, -0.05) is 58.0 Å². The van der Waals surface area contributed by atoms with Crippen LogP contribution in [-0.2, 0) is 20.9 Å². The maximum atomic E-state index is 13.0. The Morgan fingerprint density at radius 3 is 2.03 bits per heavy atom. The van der Waals surface area contributed by atoms with Gasteiger partial charge in [0, 0.05) is 6.54 Å². The molecule has 1 aromatic carbocycles. The van der Waals surface area contributed by atoms with Crippen molar-refractivity contribution in [2.75, 3.05) is 13.1 Å². The number of ether oxygens (including phenoxy) is 1. The number of rotatable bonds is 14. The number of amides is 3. The average molecular weight is 449 g/mol. The van der Waals surface area contributed by atoms with Crippen molar-refractivity contribution in [2.45, 2.75) is 72.1 Å². The summed E-state index contributed by atoms with van der Waals surface area (Å²) in [5.74, 6) is -0.242. The number of hydrogen-bond donors (Lipinski definition) is 4. The van der Waals surface area contributed by atoms with E-state index in [4.69, 9.17) is 10.5 Å². The molecule has 0 saturated carbocycles. The van der Waals surface area contributed by atoms with E-state index in [-0.39, 0.29) is 24.3 Å². The molecule has 0 heterocycles. The summed E-state index contributed by atoms with van der Waals surface area (Å²) in [5, 5.41) is 8.35. The van der Waals surface area contributed by atoms with Crippen LogP contribution in [0.1, 0.15) is 58.9 Å². The highest BCUT2D eigenvalue weighted by molar-refractivity contribution is 5.91. The summed E-state index contributed by atoms with van der Waals surface area (Å²) in [6.45, 7) is 9.12. The number of unbranched alkanes of at least 4 members (excludes halogenated alkanes) is 1. The molecule has 0 fully saturated rings.